The summed E-state index contributed by atoms with van der Waals surface area (Å²) in [4.78, 5) is 25.3. The molecule has 1 unspecified atom stereocenters. The molecule has 0 bridgehead atoms. The Hall–Kier alpha value is -2.00. The molecule has 2 amide bonds. The number of thiophene rings is 3. The Morgan fingerprint density at radius 1 is 0.960 bits per heavy atom. The lowest BCUT2D eigenvalue weighted by molar-refractivity contribution is -0.139. The number of amides is 2. The van der Waals surface area contributed by atoms with Gasteiger partial charge in [-0.15, -0.1) is 11.3 Å². The molecular formula is C17H16N2O3S3. The van der Waals surface area contributed by atoms with Crippen LogP contribution in [0.3, 0.4) is 0 Å². The first-order valence-corrected chi connectivity index (χ1v) is 10.2. The molecule has 8 heteroatoms. The third kappa shape index (κ3) is 4.76. The largest absolute Gasteiger partial charge is 0.383 e. The SMILES string of the molecule is O=C(NCc1ccsc1)C(=O)NCc1ccc(C(O)c2ccsc2)s1. The van der Waals surface area contributed by atoms with Crippen LogP contribution in [0.2, 0.25) is 0 Å². The highest BCUT2D eigenvalue weighted by atomic mass is 32.1. The summed E-state index contributed by atoms with van der Waals surface area (Å²) in [6.45, 7) is 0.595. The van der Waals surface area contributed by atoms with Gasteiger partial charge in [0.2, 0.25) is 0 Å². The van der Waals surface area contributed by atoms with Crippen molar-refractivity contribution in [2.75, 3.05) is 0 Å². The number of aliphatic hydroxyl groups excluding tert-OH is 1. The van der Waals surface area contributed by atoms with Crippen LogP contribution in [0.25, 0.3) is 0 Å². The predicted octanol–water partition coefficient (Wildman–Crippen LogP) is 2.89. The molecule has 25 heavy (non-hydrogen) atoms. The fourth-order valence-electron chi connectivity index (χ4n) is 2.13. The number of carbonyl (C=O) groups excluding carboxylic acids is 2. The Bertz CT molecular complexity index is 825. The third-order valence-corrected chi connectivity index (χ3v) is 6.04. The maximum atomic E-state index is 11.8. The summed E-state index contributed by atoms with van der Waals surface area (Å²) in [6, 6.07) is 7.47. The average Bonchev–Trinajstić information content (AvgIpc) is 3.39. The highest BCUT2D eigenvalue weighted by Crippen LogP contribution is 2.29. The first-order valence-electron chi connectivity index (χ1n) is 7.49. The normalized spacial score (nSPS) is 11.9. The minimum absolute atomic E-state index is 0.256. The molecule has 0 spiro atoms. The molecule has 3 heterocycles. The lowest BCUT2D eigenvalue weighted by Gasteiger charge is -2.06. The van der Waals surface area contributed by atoms with Gasteiger partial charge in [-0.2, -0.15) is 22.7 Å². The summed E-state index contributed by atoms with van der Waals surface area (Å²) in [6.07, 6.45) is -0.658. The van der Waals surface area contributed by atoms with Crippen molar-refractivity contribution < 1.29 is 14.7 Å². The average molecular weight is 393 g/mol. The molecule has 130 valence electrons. The molecule has 1 atom stereocenters. The Labute approximate surface area is 157 Å². The van der Waals surface area contributed by atoms with Crippen molar-refractivity contribution in [2.24, 2.45) is 0 Å². The van der Waals surface area contributed by atoms with Crippen LogP contribution in [0.1, 0.15) is 27.0 Å². The topological polar surface area (TPSA) is 78.4 Å². The number of carbonyl (C=O) groups is 2. The van der Waals surface area contributed by atoms with Crippen molar-refractivity contribution in [3.63, 3.8) is 0 Å². The zero-order chi connectivity index (χ0) is 17.6. The zero-order valence-electron chi connectivity index (χ0n) is 13.1. The van der Waals surface area contributed by atoms with Crippen LogP contribution in [0.4, 0.5) is 0 Å². The van der Waals surface area contributed by atoms with Gasteiger partial charge in [-0.05, 0) is 56.9 Å². The van der Waals surface area contributed by atoms with Gasteiger partial charge in [-0.3, -0.25) is 9.59 Å². The molecule has 0 saturated heterocycles. The van der Waals surface area contributed by atoms with Gasteiger partial charge in [-0.25, -0.2) is 0 Å². The van der Waals surface area contributed by atoms with E-state index in [0.29, 0.717) is 6.54 Å². The van der Waals surface area contributed by atoms with E-state index in [1.165, 1.54) is 22.7 Å². The van der Waals surface area contributed by atoms with Crippen LogP contribution < -0.4 is 10.6 Å². The predicted molar refractivity (Wildman–Crippen MR) is 101 cm³/mol. The van der Waals surface area contributed by atoms with Crippen LogP contribution in [-0.2, 0) is 22.7 Å². The number of nitrogens with one attached hydrogen (secondary N) is 2. The van der Waals surface area contributed by atoms with Crippen LogP contribution >= 0.6 is 34.0 Å². The van der Waals surface area contributed by atoms with Gasteiger partial charge in [-0.1, -0.05) is 0 Å². The minimum atomic E-state index is -0.663. The number of hydrogen-bond acceptors (Lipinski definition) is 6. The zero-order valence-corrected chi connectivity index (χ0v) is 15.5. The molecule has 0 aliphatic heterocycles. The van der Waals surface area contributed by atoms with Gasteiger partial charge < -0.3 is 15.7 Å². The Morgan fingerprint density at radius 2 is 1.68 bits per heavy atom. The molecular weight excluding hydrogens is 376 g/mol. The number of aliphatic hydroxyl groups is 1. The Kier molecular flexibility index (Phi) is 5.98. The summed E-state index contributed by atoms with van der Waals surface area (Å²) in [5.41, 5.74) is 1.83. The second-order valence-corrected chi connectivity index (χ2v) is 8.02. The molecule has 3 aromatic rings. The van der Waals surface area contributed by atoms with Crippen LogP contribution in [-0.4, -0.2) is 16.9 Å². The molecule has 0 saturated carbocycles. The van der Waals surface area contributed by atoms with E-state index in [1.807, 2.05) is 45.8 Å². The van der Waals surface area contributed by atoms with Gasteiger partial charge in [0, 0.05) is 16.3 Å². The minimum Gasteiger partial charge on any atom is -0.383 e. The number of rotatable bonds is 6. The fraction of sp³-hybridized carbons (Fsp3) is 0.176. The standard InChI is InChI=1S/C17H16N2O3S3/c20-15(12-4-6-24-10-12)14-2-1-13(25-14)8-19-17(22)16(21)18-7-11-3-5-23-9-11/h1-6,9-10,15,20H,7-8H2,(H,18,21)(H,19,22). The first-order chi connectivity index (χ1) is 12.1. The molecule has 0 fully saturated rings. The molecule has 0 aromatic carbocycles. The van der Waals surface area contributed by atoms with Gasteiger partial charge >= 0.3 is 11.8 Å². The second kappa shape index (κ2) is 8.39. The summed E-state index contributed by atoms with van der Waals surface area (Å²) in [5.74, 6) is -1.31. The van der Waals surface area contributed by atoms with E-state index in [0.717, 1.165) is 20.9 Å². The molecule has 3 rings (SSSR count). The molecule has 3 N–H and O–H groups in total. The summed E-state index contributed by atoms with van der Waals surface area (Å²) < 4.78 is 0. The molecule has 0 aliphatic carbocycles. The van der Waals surface area contributed by atoms with E-state index in [1.54, 1.807) is 11.3 Å². The number of hydrogen-bond donors (Lipinski definition) is 3. The molecule has 0 aliphatic rings. The molecule has 0 radical (unpaired) electrons. The van der Waals surface area contributed by atoms with Crippen LogP contribution in [0.5, 0.6) is 0 Å². The van der Waals surface area contributed by atoms with E-state index >= 15 is 0 Å². The van der Waals surface area contributed by atoms with Crippen LogP contribution in [0, 0.1) is 0 Å². The monoisotopic (exact) mass is 392 g/mol. The molecule has 5 nitrogen and oxygen atoms in total. The third-order valence-electron chi connectivity index (χ3n) is 3.47. The summed E-state index contributed by atoms with van der Waals surface area (Å²) >= 11 is 4.49. The van der Waals surface area contributed by atoms with Crippen molar-refractivity contribution >= 4 is 45.8 Å². The van der Waals surface area contributed by atoms with Gasteiger partial charge in [0.25, 0.3) is 0 Å². The van der Waals surface area contributed by atoms with E-state index in [9.17, 15) is 14.7 Å². The summed E-state index contributed by atoms with van der Waals surface area (Å²) in [5, 5.41) is 23.1. The Balaban J connectivity index is 1.48. The van der Waals surface area contributed by atoms with Gasteiger partial charge in [0.15, 0.2) is 0 Å². The fourth-order valence-corrected chi connectivity index (χ4v) is 4.45. The van der Waals surface area contributed by atoms with Crippen molar-refractivity contribution in [2.45, 2.75) is 19.2 Å². The van der Waals surface area contributed by atoms with E-state index in [2.05, 4.69) is 10.6 Å². The molecule has 3 aromatic heterocycles. The van der Waals surface area contributed by atoms with E-state index in [4.69, 9.17) is 0 Å². The van der Waals surface area contributed by atoms with Crippen molar-refractivity contribution in [1.29, 1.82) is 0 Å². The Morgan fingerprint density at radius 3 is 2.36 bits per heavy atom. The maximum absolute atomic E-state index is 11.8. The highest BCUT2D eigenvalue weighted by molar-refractivity contribution is 7.12. The quantitative estimate of drug-likeness (QED) is 0.565. The smallest absolute Gasteiger partial charge is 0.309 e. The van der Waals surface area contributed by atoms with Crippen molar-refractivity contribution in [1.82, 2.24) is 10.6 Å². The van der Waals surface area contributed by atoms with Crippen molar-refractivity contribution in [3.05, 3.63) is 66.7 Å². The van der Waals surface area contributed by atoms with Crippen LogP contribution in [0.15, 0.2) is 45.8 Å². The highest BCUT2D eigenvalue weighted by Gasteiger charge is 2.16. The lowest BCUT2D eigenvalue weighted by atomic mass is 10.2. The van der Waals surface area contributed by atoms with E-state index < -0.39 is 17.9 Å². The van der Waals surface area contributed by atoms with Gasteiger partial charge in [0.1, 0.15) is 6.10 Å². The van der Waals surface area contributed by atoms with Gasteiger partial charge in [0.05, 0.1) is 6.54 Å². The van der Waals surface area contributed by atoms with E-state index in [-0.39, 0.29) is 6.54 Å². The summed E-state index contributed by atoms with van der Waals surface area (Å²) in [7, 11) is 0. The lowest BCUT2D eigenvalue weighted by Crippen LogP contribution is -2.39. The first kappa shape index (κ1) is 17.8. The van der Waals surface area contributed by atoms with Crippen molar-refractivity contribution in [3.8, 4) is 0 Å². The maximum Gasteiger partial charge on any atom is 0.309 e. The second-order valence-electron chi connectivity index (χ2n) is 5.26.